The Balaban J connectivity index is 1.92. The lowest BCUT2D eigenvalue weighted by Gasteiger charge is -2.40. The van der Waals surface area contributed by atoms with Gasteiger partial charge in [-0.2, -0.15) is 0 Å². The summed E-state index contributed by atoms with van der Waals surface area (Å²) in [5.74, 6) is 0.855. The second-order valence-corrected chi connectivity index (χ2v) is 7.77. The van der Waals surface area contributed by atoms with Crippen molar-refractivity contribution in [3.05, 3.63) is 0 Å². The third-order valence-electron chi connectivity index (χ3n) is 5.17. The number of nitrogens with zero attached hydrogens (tertiary/aromatic N) is 1. The van der Waals surface area contributed by atoms with Gasteiger partial charge < -0.3 is 15.0 Å². The Labute approximate surface area is 119 Å². The highest BCUT2D eigenvalue weighted by Gasteiger charge is 2.38. The van der Waals surface area contributed by atoms with E-state index in [9.17, 15) is 0 Å². The predicted octanol–water partition coefficient (Wildman–Crippen LogP) is 2.37. The van der Waals surface area contributed by atoms with E-state index in [1.165, 1.54) is 38.9 Å². The van der Waals surface area contributed by atoms with Gasteiger partial charge in [0.1, 0.15) is 0 Å². The maximum Gasteiger partial charge on any atom is 0.0531 e. The fourth-order valence-electron chi connectivity index (χ4n) is 3.77. The first kappa shape index (κ1) is 15.3. The first-order valence-corrected chi connectivity index (χ1v) is 7.87. The molecular formula is C16H32N2O. The number of methoxy groups -OCH3 is 1. The van der Waals surface area contributed by atoms with Gasteiger partial charge in [-0.05, 0) is 50.2 Å². The minimum atomic E-state index is 0.396. The van der Waals surface area contributed by atoms with Gasteiger partial charge >= 0.3 is 0 Å². The summed E-state index contributed by atoms with van der Waals surface area (Å²) in [5, 5.41) is 3.48. The molecule has 0 aromatic carbocycles. The monoisotopic (exact) mass is 268 g/mol. The molecule has 0 spiro atoms. The van der Waals surface area contributed by atoms with Crippen LogP contribution in [-0.2, 0) is 4.74 Å². The molecule has 2 saturated heterocycles. The van der Waals surface area contributed by atoms with Gasteiger partial charge in [-0.1, -0.05) is 20.8 Å². The fourth-order valence-corrected chi connectivity index (χ4v) is 3.77. The molecule has 0 radical (unpaired) electrons. The molecule has 0 amide bonds. The van der Waals surface area contributed by atoms with E-state index in [0.29, 0.717) is 10.8 Å². The van der Waals surface area contributed by atoms with Crippen molar-refractivity contribution >= 4 is 0 Å². The number of rotatable bonds is 4. The minimum absolute atomic E-state index is 0.396. The topological polar surface area (TPSA) is 24.5 Å². The number of nitrogens with one attached hydrogen (secondary N) is 1. The number of ether oxygens (including phenoxy) is 1. The zero-order chi connectivity index (χ0) is 13.9. The molecule has 2 fully saturated rings. The van der Waals surface area contributed by atoms with Crippen LogP contribution in [0.3, 0.4) is 0 Å². The van der Waals surface area contributed by atoms with Crippen molar-refractivity contribution in [3.8, 4) is 0 Å². The molecule has 0 aromatic rings. The van der Waals surface area contributed by atoms with Crippen LogP contribution in [0.4, 0.5) is 0 Å². The van der Waals surface area contributed by atoms with Crippen molar-refractivity contribution in [2.75, 3.05) is 46.4 Å². The van der Waals surface area contributed by atoms with E-state index >= 15 is 0 Å². The van der Waals surface area contributed by atoms with Crippen LogP contribution < -0.4 is 5.32 Å². The van der Waals surface area contributed by atoms with Gasteiger partial charge in [0.15, 0.2) is 0 Å². The smallest absolute Gasteiger partial charge is 0.0531 e. The van der Waals surface area contributed by atoms with Gasteiger partial charge in [0.2, 0.25) is 0 Å². The van der Waals surface area contributed by atoms with Crippen molar-refractivity contribution in [2.45, 2.75) is 40.0 Å². The van der Waals surface area contributed by atoms with E-state index < -0.39 is 0 Å². The predicted molar refractivity (Wildman–Crippen MR) is 80.4 cm³/mol. The van der Waals surface area contributed by atoms with Crippen LogP contribution in [0.5, 0.6) is 0 Å². The van der Waals surface area contributed by atoms with Gasteiger partial charge in [0.25, 0.3) is 0 Å². The minimum Gasteiger partial charge on any atom is -0.384 e. The molecule has 3 nitrogen and oxygen atoms in total. The molecule has 0 aromatic heterocycles. The molecule has 3 heteroatoms. The van der Waals surface area contributed by atoms with Crippen LogP contribution in [0, 0.1) is 16.7 Å². The van der Waals surface area contributed by atoms with E-state index in [1.54, 1.807) is 0 Å². The highest BCUT2D eigenvalue weighted by atomic mass is 16.5. The number of piperidine rings is 1. The molecule has 2 rings (SSSR count). The van der Waals surface area contributed by atoms with Crippen molar-refractivity contribution < 1.29 is 4.74 Å². The van der Waals surface area contributed by atoms with Gasteiger partial charge in [0.05, 0.1) is 6.61 Å². The molecule has 0 saturated carbocycles. The summed E-state index contributed by atoms with van der Waals surface area (Å²) in [4.78, 5) is 2.69. The second kappa shape index (κ2) is 6.11. The highest BCUT2D eigenvalue weighted by Crippen LogP contribution is 2.37. The number of likely N-dealkylation sites (tertiary alicyclic amines) is 1. The Bertz CT molecular complexity index is 273. The van der Waals surface area contributed by atoms with Crippen molar-refractivity contribution in [1.29, 1.82) is 0 Å². The number of hydrogen-bond acceptors (Lipinski definition) is 3. The average molecular weight is 268 g/mol. The van der Waals surface area contributed by atoms with Crippen LogP contribution in [0.1, 0.15) is 40.0 Å². The van der Waals surface area contributed by atoms with Crippen molar-refractivity contribution in [3.63, 3.8) is 0 Å². The van der Waals surface area contributed by atoms with Crippen LogP contribution in [0.2, 0.25) is 0 Å². The zero-order valence-electron chi connectivity index (χ0n) is 13.3. The quantitative estimate of drug-likeness (QED) is 0.847. The van der Waals surface area contributed by atoms with E-state index in [0.717, 1.165) is 25.6 Å². The van der Waals surface area contributed by atoms with Gasteiger partial charge in [0, 0.05) is 25.6 Å². The molecular weight excluding hydrogens is 236 g/mol. The van der Waals surface area contributed by atoms with Crippen molar-refractivity contribution in [2.24, 2.45) is 16.7 Å². The SMILES string of the molecule is COCC1(CN2CCC(C(C)(C)C)C2)CCNCC1. The molecule has 1 unspecified atom stereocenters. The summed E-state index contributed by atoms with van der Waals surface area (Å²) < 4.78 is 5.53. The molecule has 1 atom stereocenters. The molecule has 2 heterocycles. The maximum atomic E-state index is 5.53. The normalized spacial score (nSPS) is 28.7. The van der Waals surface area contributed by atoms with Crippen LogP contribution in [0.25, 0.3) is 0 Å². The summed E-state index contributed by atoms with van der Waals surface area (Å²) in [6.07, 6.45) is 3.89. The maximum absolute atomic E-state index is 5.53. The van der Waals surface area contributed by atoms with Crippen LogP contribution in [-0.4, -0.2) is 51.3 Å². The van der Waals surface area contributed by atoms with Gasteiger partial charge in [-0.15, -0.1) is 0 Å². The van der Waals surface area contributed by atoms with E-state index in [2.05, 4.69) is 31.0 Å². The number of hydrogen-bond donors (Lipinski definition) is 1. The Morgan fingerprint density at radius 2 is 1.95 bits per heavy atom. The van der Waals surface area contributed by atoms with E-state index in [4.69, 9.17) is 4.74 Å². The summed E-state index contributed by atoms with van der Waals surface area (Å²) in [7, 11) is 1.85. The van der Waals surface area contributed by atoms with Crippen molar-refractivity contribution in [1.82, 2.24) is 10.2 Å². The standard InChI is InChI=1S/C16H32N2O/c1-15(2,3)14-5-10-18(11-14)12-16(13-19-4)6-8-17-9-7-16/h14,17H,5-13H2,1-4H3. The summed E-state index contributed by atoms with van der Waals surface area (Å²) >= 11 is 0. The van der Waals surface area contributed by atoms with E-state index in [-0.39, 0.29) is 0 Å². The largest absolute Gasteiger partial charge is 0.384 e. The molecule has 0 bridgehead atoms. The first-order chi connectivity index (χ1) is 8.95. The fraction of sp³-hybridized carbons (Fsp3) is 1.00. The molecule has 2 aliphatic rings. The Kier molecular flexibility index (Phi) is 4.91. The summed E-state index contributed by atoms with van der Waals surface area (Å²) in [6, 6.07) is 0. The van der Waals surface area contributed by atoms with Gasteiger partial charge in [-0.25, -0.2) is 0 Å². The summed E-state index contributed by atoms with van der Waals surface area (Å²) in [5.41, 5.74) is 0.851. The lowest BCUT2D eigenvalue weighted by atomic mass is 9.78. The molecule has 1 N–H and O–H groups in total. The third-order valence-corrected chi connectivity index (χ3v) is 5.17. The lowest BCUT2D eigenvalue weighted by molar-refractivity contribution is 0.0259. The molecule has 19 heavy (non-hydrogen) atoms. The Hall–Kier alpha value is -0.120. The van der Waals surface area contributed by atoms with E-state index in [1.807, 2.05) is 7.11 Å². The Morgan fingerprint density at radius 3 is 2.47 bits per heavy atom. The zero-order valence-corrected chi connectivity index (χ0v) is 13.3. The average Bonchev–Trinajstić information content (AvgIpc) is 2.78. The lowest BCUT2D eigenvalue weighted by Crippen LogP contribution is -2.47. The first-order valence-electron chi connectivity index (χ1n) is 7.87. The molecule has 0 aliphatic carbocycles. The van der Waals surface area contributed by atoms with Crippen LogP contribution >= 0.6 is 0 Å². The molecule has 2 aliphatic heterocycles. The Morgan fingerprint density at radius 1 is 1.26 bits per heavy atom. The summed E-state index contributed by atoms with van der Waals surface area (Å²) in [6.45, 7) is 14.2. The molecule has 112 valence electrons. The van der Waals surface area contributed by atoms with Crippen LogP contribution in [0.15, 0.2) is 0 Å². The third kappa shape index (κ3) is 3.93. The van der Waals surface area contributed by atoms with Gasteiger partial charge in [-0.3, -0.25) is 0 Å². The highest BCUT2D eigenvalue weighted by molar-refractivity contribution is 4.91. The second-order valence-electron chi connectivity index (χ2n) is 7.77.